The van der Waals surface area contributed by atoms with E-state index in [4.69, 9.17) is 0 Å². The Morgan fingerprint density at radius 1 is 0.895 bits per heavy atom. The Labute approximate surface area is 111 Å². The average Bonchev–Trinajstić information content (AvgIpc) is 2.47. The largest absolute Gasteiger partial charge is 0.303 e. The number of hydrogen-bond donors (Lipinski definition) is 0. The van der Waals surface area contributed by atoms with Crippen LogP contribution in [0.15, 0.2) is 54.6 Å². The fourth-order valence-electron chi connectivity index (χ4n) is 2.29. The van der Waals surface area contributed by atoms with E-state index in [1.807, 2.05) is 42.5 Å². The summed E-state index contributed by atoms with van der Waals surface area (Å²) < 4.78 is 0. The van der Waals surface area contributed by atoms with Gasteiger partial charge in [0.1, 0.15) is 6.29 Å². The van der Waals surface area contributed by atoms with Gasteiger partial charge in [0, 0.05) is 17.2 Å². The van der Waals surface area contributed by atoms with E-state index in [1.165, 1.54) is 5.39 Å². The van der Waals surface area contributed by atoms with E-state index >= 15 is 0 Å². The highest BCUT2D eigenvalue weighted by molar-refractivity contribution is 6.08. The summed E-state index contributed by atoms with van der Waals surface area (Å²) in [6.07, 6.45) is 5.07. The van der Waals surface area contributed by atoms with Gasteiger partial charge in [0.05, 0.1) is 11.2 Å². The third kappa shape index (κ3) is 2.13. The molecule has 0 amide bonds. The minimum atomic E-state index is 0.419. The Hall–Kier alpha value is -2.48. The summed E-state index contributed by atoms with van der Waals surface area (Å²) in [7, 11) is 0. The van der Waals surface area contributed by atoms with Crippen molar-refractivity contribution < 1.29 is 4.79 Å². The first-order valence-electron chi connectivity index (χ1n) is 6.28. The van der Waals surface area contributed by atoms with Gasteiger partial charge in [-0.1, -0.05) is 48.5 Å². The van der Waals surface area contributed by atoms with E-state index in [0.717, 1.165) is 28.3 Å². The number of benzene rings is 2. The summed E-state index contributed by atoms with van der Waals surface area (Å²) in [5.74, 6) is 0. The van der Waals surface area contributed by atoms with E-state index in [1.54, 1.807) is 0 Å². The van der Waals surface area contributed by atoms with Gasteiger partial charge in [-0.05, 0) is 17.5 Å². The zero-order chi connectivity index (χ0) is 13.1. The third-order valence-electron chi connectivity index (χ3n) is 3.15. The standard InChI is InChI=1S/C17H13NO/c19-12-6-5-11-17-14-8-2-1-7-13(14)15-9-3-4-10-16(15)18-17/h1-5,7-12H,6H2/b11-5-. The normalized spacial score (nSPS) is 11.4. The van der Waals surface area contributed by atoms with Crippen LogP contribution >= 0.6 is 0 Å². The minimum absolute atomic E-state index is 0.419. The van der Waals surface area contributed by atoms with Crippen LogP contribution in [0.3, 0.4) is 0 Å². The number of aldehydes is 1. The second kappa shape index (κ2) is 5.02. The lowest BCUT2D eigenvalue weighted by molar-refractivity contribution is -0.107. The van der Waals surface area contributed by atoms with Gasteiger partial charge >= 0.3 is 0 Å². The van der Waals surface area contributed by atoms with Crippen molar-refractivity contribution in [2.24, 2.45) is 0 Å². The molecule has 0 atom stereocenters. The van der Waals surface area contributed by atoms with Crippen LogP contribution in [0, 0.1) is 0 Å². The van der Waals surface area contributed by atoms with E-state index in [9.17, 15) is 4.79 Å². The van der Waals surface area contributed by atoms with E-state index in [-0.39, 0.29) is 0 Å². The lowest BCUT2D eigenvalue weighted by Gasteiger charge is -2.06. The van der Waals surface area contributed by atoms with Crippen molar-refractivity contribution in [3.8, 4) is 0 Å². The molecule has 0 bridgehead atoms. The highest BCUT2D eigenvalue weighted by Crippen LogP contribution is 2.26. The Morgan fingerprint density at radius 2 is 1.58 bits per heavy atom. The topological polar surface area (TPSA) is 30.0 Å². The number of fused-ring (bicyclic) bond motifs is 3. The van der Waals surface area contributed by atoms with Gasteiger partial charge in [0.2, 0.25) is 0 Å². The number of rotatable bonds is 3. The molecule has 0 saturated carbocycles. The fraction of sp³-hybridized carbons (Fsp3) is 0.0588. The molecule has 2 heteroatoms. The molecule has 0 aliphatic rings. The molecule has 1 aromatic heterocycles. The predicted molar refractivity (Wildman–Crippen MR) is 79.0 cm³/mol. The number of nitrogens with zero attached hydrogens (tertiary/aromatic N) is 1. The highest BCUT2D eigenvalue weighted by Gasteiger charge is 2.04. The molecule has 0 radical (unpaired) electrons. The molecule has 92 valence electrons. The predicted octanol–water partition coefficient (Wildman–Crippen LogP) is 3.99. The Bertz CT molecular complexity index is 774. The summed E-state index contributed by atoms with van der Waals surface area (Å²) in [4.78, 5) is 15.1. The molecule has 1 heterocycles. The molecule has 0 aliphatic heterocycles. The fourth-order valence-corrected chi connectivity index (χ4v) is 2.29. The average molecular weight is 247 g/mol. The van der Waals surface area contributed by atoms with Gasteiger partial charge in [0.25, 0.3) is 0 Å². The van der Waals surface area contributed by atoms with Crippen LogP contribution in [0.5, 0.6) is 0 Å². The molecular formula is C17H13NO. The number of carbonyl (C=O) groups excluding carboxylic acids is 1. The summed E-state index contributed by atoms with van der Waals surface area (Å²) in [6.45, 7) is 0. The van der Waals surface area contributed by atoms with Crippen LogP contribution in [-0.4, -0.2) is 11.3 Å². The van der Waals surface area contributed by atoms with Crippen LogP contribution in [-0.2, 0) is 4.79 Å². The van der Waals surface area contributed by atoms with Gasteiger partial charge in [-0.25, -0.2) is 4.98 Å². The second-order valence-corrected chi connectivity index (χ2v) is 4.36. The minimum Gasteiger partial charge on any atom is -0.303 e. The molecule has 3 rings (SSSR count). The van der Waals surface area contributed by atoms with Crippen molar-refractivity contribution in [1.82, 2.24) is 4.98 Å². The number of allylic oxidation sites excluding steroid dienone is 1. The van der Waals surface area contributed by atoms with Crippen LogP contribution in [0.2, 0.25) is 0 Å². The van der Waals surface area contributed by atoms with Crippen molar-refractivity contribution in [3.63, 3.8) is 0 Å². The van der Waals surface area contributed by atoms with Gasteiger partial charge in [-0.2, -0.15) is 0 Å². The Balaban J connectivity index is 2.32. The SMILES string of the molecule is O=CC/C=C\c1nc2ccccc2c2ccccc12. The van der Waals surface area contributed by atoms with E-state index < -0.39 is 0 Å². The van der Waals surface area contributed by atoms with Crippen LogP contribution in [0.1, 0.15) is 12.1 Å². The van der Waals surface area contributed by atoms with E-state index in [2.05, 4.69) is 23.2 Å². The number of hydrogen-bond acceptors (Lipinski definition) is 2. The number of pyridine rings is 1. The maximum Gasteiger partial charge on any atom is 0.123 e. The molecule has 0 fully saturated rings. The first-order chi connectivity index (χ1) is 9.40. The van der Waals surface area contributed by atoms with Crippen LogP contribution in [0.4, 0.5) is 0 Å². The first-order valence-corrected chi connectivity index (χ1v) is 6.28. The molecule has 0 aliphatic carbocycles. The second-order valence-electron chi connectivity index (χ2n) is 4.36. The van der Waals surface area contributed by atoms with E-state index in [0.29, 0.717) is 6.42 Å². The van der Waals surface area contributed by atoms with Crippen molar-refractivity contribution >= 4 is 34.0 Å². The van der Waals surface area contributed by atoms with Crippen molar-refractivity contribution in [3.05, 3.63) is 60.3 Å². The molecular weight excluding hydrogens is 234 g/mol. The summed E-state index contributed by atoms with van der Waals surface area (Å²) in [6, 6.07) is 16.3. The van der Waals surface area contributed by atoms with Gasteiger partial charge in [-0.15, -0.1) is 0 Å². The molecule has 0 saturated heterocycles. The monoisotopic (exact) mass is 247 g/mol. The molecule has 2 aromatic carbocycles. The number of carbonyl (C=O) groups is 1. The number of aromatic nitrogens is 1. The molecule has 19 heavy (non-hydrogen) atoms. The third-order valence-corrected chi connectivity index (χ3v) is 3.15. The maximum atomic E-state index is 10.4. The quantitative estimate of drug-likeness (QED) is 0.517. The Kier molecular flexibility index (Phi) is 3.07. The highest BCUT2D eigenvalue weighted by atomic mass is 16.1. The summed E-state index contributed by atoms with van der Waals surface area (Å²) in [5.41, 5.74) is 1.89. The van der Waals surface area contributed by atoms with Gasteiger partial charge in [0.15, 0.2) is 0 Å². The van der Waals surface area contributed by atoms with Gasteiger partial charge < -0.3 is 4.79 Å². The molecule has 3 aromatic rings. The summed E-state index contributed by atoms with van der Waals surface area (Å²) >= 11 is 0. The number of para-hydroxylation sites is 1. The molecule has 2 nitrogen and oxygen atoms in total. The molecule has 0 spiro atoms. The smallest absolute Gasteiger partial charge is 0.123 e. The zero-order valence-electron chi connectivity index (χ0n) is 10.4. The van der Waals surface area contributed by atoms with Crippen molar-refractivity contribution in [1.29, 1.82) is 0 Å². The van der Waals surface area contributed by atoms with Crippen molar-refractivity contribution in [2.45, 2.75) is 6.42 Å². The first kappa shape index (κ1) is 11.6. The molecule has 0 unspecified atom stereocenters. The van der Waals surface area contributed by atoms with Crippen LogP contribution < -0.4 is 0 Å². The summed E-state index contributed by atoms with van der Waals surface area (Å²) in [5, 5.41) is 3.47. The lowest BCUT2D eigenvalue weighted by Crippen LogP contribution is -1.87. The Morgan fingerprint density at radius 3 is 2.37 bits per heavy atom. The van der Waals surface area contributed by atoms with Gasteiger partial charge in [-0.3, -0.25) is 0 Å². The zero-order valence-corrected chi connectivity index (χ0v) is 10.4. The maximum absolute atomic E-state index is 10.4. The van der Waals surface area contributed by atoms with Crippen LogP contribution in [0.25, 0.3) is 27.8 Å². The molecule has 0 N–H and O–H groups in total. The van der Waals surface area contributed by atoms with Crippen molar-refractivity contribution in [2.75, 3.05) is 0 Å². The lowest BCUT2D eigenvalue weighted by atomic mass is 10.0.